The molecule has 384 valence electrons. The molecule has 1 aromatic rings. The number of aliphatic hydroxyl groups is 3. The molecule has 4 N–H and O–H groups in total. The number of allylic oxidation sites excluding steroid dienone is 6. The van der Waals surface area contributed by atoms with Crippen LogP contribution in [-0.2, 0) is 38.1 Å². The summed E-state index contributed by atoms with van der Waals surface area (Å²) in [5, 5.41) is 37.8. The van der Waals surface area contributed by atoms with Gasteiger partial charge in [0.15, 0.2) is 5.78 Å². The molecular formula is C55H83N3O11. The monoisotopic (exact) mass is 962 g/mol. The van der Waals surface area contributed by atoms with E-state index < -0.39 is 65.9 Å². The smallest absolute Gasteiger partial charge is 0.329 e. The van der Waals surface area contributed by atoms with E-state index in [1.165, 1.54) is 12.0 Å². The van der Waals surface area contributed by atoms with Gasteiger partial charge in [0.25, 0.3) is 11.7 Å². The van der Waals surface area contributed by atoms with Gasteiger partial charge in [-0.2, -0.15) is 0 Å². The molecular weight excluding hydrogens is 879 g/mol. The van der Waals surface area contributed by atoms with Crippen molar-refractivity contribution in [3.63, 3.8) is 0 Å². The lowest BCUT2D eigenvalue weighted by Gasteiger charge is -2.43. The zero-order chi connectivity index (χ0) is 50.4. The fourth-order valence-electron chi connectivity index (χ4n) is 10.9. The first kappa shape index (κ1) is 55.9. The number of carbonyl (C=O) groups is 4. The van der Waals surface area contributed by atoms with Crippen molar-refractivity contribution < 1.29 is 53.4 Å². The Morgan fingerprint density at radius 2 is 1.65 bits per heavy atom. The van der Waals surface area contributed by atoms with Gasteiger partial charge in [-0.1, -0.05) is 76.6 Å². The summed E-state index contributed by atoms with van der Waals surface area (Å²) in [7, 11) is 3.06. The molecule has 4 heterocycles. The first-order valence-electron chi connectivity index (χ1n) is 25.6. The van der Waals surface area contributed by atoms with E-state index >= 15 is 0 Å². The minimum Gasteiger partial charge on any atom is -0.461 e. The Bertz CT molecular complexity index is 1970. The molecule has 1 aliphatic carbocycles. The van der Waals surface area contributed by atoms with Crippen molar-refractivity contribution in [3.05, 3.63) is 72.1 Å². The molecule has 14 heteroatoms. The van der Waals surface area contributed by atoms with Crippen LogP contribution in [0.25, 0.3) is 0 Å². The van der Waals surface area contributed by atoms with Crippen molar-refractivity contribution >= 4 is 29.1 Å². The van der Waals surface area contributed by atoms with Gasteiger partial charge >= 0.3 is 5.97 Å². The third-order valence-electron chi connectivity index (χ3n) is 15.3. The number of methoxy groups -OCH3 is 2. The summed E-state index contributed by atoms with van der Waals surface area (Å²) in [6.07, 6.45) is 18.3. The van der Waals surface area contributed by atoms with Crippen LogP contribution in [0.4, 0.5) is 5.69 Å². The number of nitrogens with one attached hydrogen (secondary N) is 1. The fraction of sp³-hybridized carbons (Fsp3) is 0.691. The minimum absolute atomic E-state index is 0.0523. The Morgan fingerprint density at radius 3 is 2.36 bits per heavy atom. The molecule has 7 unspecified atom stereocenters. The topological polar surface area (TPSA) is 194 Å². The number of cyclic esters (lactones) is 1. The second kappa shape index (κ2) is 26.4. The number of fused-ring (bicyclic) bond motifs is 3. The molecule has 1 aromatic heterocycles. The summed E-state index contributed by atoms with van der Waals surface area (Å²) in [6.45, 7) is 13.6. The summed E-state index contributed by atoms with van der Waals surface area (Å²) in [5.41, 5.74) is 2.34. The van der Waals surface area contributed by atoms with Crippen LogP contribution >= 0.6 is 0 Å². The van der Waals surface area contributed by atoms with E-state index in [-0.39, 0.29) is 54.1 Å². The highest BCUT2D eigenvalue weighted by molar-refractivity contribution is 6.39. The number of rotatable bonds is 7. The van der Waals surface area contributed by atoms with E-state index in [0.29, 0.717) is 76.2 Å². The molecule has 0 radical (unpaired) electrons. The van der Waals surface area contributed by atoms with Gasteiger partial charge in [-0.05, 0) is 139 Å². The van der Waals surface area contributed by atoms with Gasteiger partial charge in [-0.25, -0.2) is 4.79 Å². The number of amides is 1. The highest BCUT2D eigenvalue weighted by Gasteiger charge is 2.53. The van der Waals surface area contributed by atoms with Crippen molar-refractivity contribution in [1.29, 1.82) is 0 Å². The molecule has 14 nitrogen and oxygen atoms in total. The van der Waals surface area contributed by atoms with Crippen LogP contribution in [0.1, 0.15) is 132 Å². The largest absolute Gasteiger partial charge is 0.461 e. The molecule has 3 fully saturated rings. The van der Waals surface area contributed by atoms with Crippen LogP contribution in [0.2, 0.25) is 0 Å². The Morgan fingerprint density at radius 1 is 0.884 bits per heavy atom. The number of hydrogen-bond donors (Lipinski definition) is 4. The second-order valence-electron chi connectivity index (χ2n) is 20.9. The Hall–Kier alpha value is -4.05. The molecule has 3 aliphatic heterocycles. The Kier molecular flexibility index (Phi) is 21.4. The maximum atomic E-state index is 14.5. The normalized spacial score (nSPS) is 38.6. The van der Waals surface area contributed by atoms with E-state index in [1.54, 1.807) is 33.4 Å². The maximum absolute atomic E-state index is 14.5. The number of aromatic nitrogens is 1. The van der Waals surface area contributed by atoms with E-state index in [1.807, 2.05) is 76.3 Å². The zero-order valence-electron chi connectivity index (χ0n) is 42.8. The number of nitrogens with zero attached hydrogens (tertiary/aromatic N) is 2. The minimum atomic E-state index is -2.41. The molecule has 15 atom stereocenters. The average molecular weight is 962 g/mol. The summed E-state index contributed by atoms with van der Waals surface area (Å²) >= 11 is 0. The average Bonchev–Trinajstić information content (AvgIpc) is 3.33. The zero-order valence-corrected chi connectivity index (χ0v) is 42.8. The first-order chi connectivity index (χ1) is 32.9. The highest BCUT2D eigenvalue weighted by Crippen LogP contribution is 2.38. The molecule has 0 spiro atoms. The summed E-state index contributed by atoms with van der Waals surface area (Å²) in [4.78, 5) is 62.7. The number of esters is 1. The van der Waals surface area contributed by atoms with Crippen molar-refractivity contribution in [2.75, 3.05) is 26.1 Å². The van der Waals surface area contributed by atoms with Crippen LogP contribution in [0.15, 0.2) is 72.1 Å². The van der Waals surface area contributed by atoms with Gasteiger partial charge in [-0.15, -0.1) is 0 Å². The standard InChI is InChI=1S/C55H83N3O11/c1-34-16-11-10-12-17-36(3)44(57-42-18-15-26-56-33-42)32-43-23-21-40(7)55(65,69-43)52(62)53(63)58-27-14-13-19-45(58)54(64)68-47(37(4)30-41-22-24-46(59)48(31-41)66-8)25-20-35(2)29-39(6)50(61)51(67-9)49(60)38(5)28-34/h10-12,15-18,26,29,33-35,37-38,40-41,43-48,50-51,57,59,61,65H,13-14,19-25,27-28,30-32H2,1-9H3/b12-10+,16-11+,36-17+,39-29+/t34-,35+,37-,38?,40?,41?,43+,44-,45?,46-,47+,48?,50?,51+,55?/m1/s1. The van der Waals surface area contributed by atoms with Gasteiger partial charge in [0.1, 0.15) is 24.4 Å². The number of pyridine rings is 1. The van der Waals surface area contributed by atoms with Crippen LogP contribution in [-0.4, -0.2) is 124 Å². The summed E-state index contributed by atoms with van der Waals surface area (Å²) in [6, 6.07) is 2.41. The lowest BCUT2D eigenvalue weighted by atomic mass is 9.78. The molecule has 1 saturated carbocycles. The van der Waals surface area contributed by atoms with E-state index in [9.17, 15) is 34.5 Å². The molecule has 2 bridgehead atoms. The first-order valence-corrected chi connectivity index (χ1v) is 25.6. The third kappa shape index (κ3) is 15.2. The third-order valence-corrected chi connectivity index (χ3v) is 15.3. The number of Topliss-reactive ketones (excluding diaryl/α,β-unsaturated/α-hetero) is 2. The molecule has 4 aliphatic rings. The van der Waals surface area contributed by atoms with E-state index in [2.05, 4.69) is 17.2 Å². The molecule has 0 aromatic carbocycles. The SMILES string of the molecule is COC1CC(C[C@@H](C)[C@@H]2CC[C@H](C)/C=C(\C)C(O)[C@@H](OC)C(=O)C(C)C[C@H](C)/C=C/C=C/C=C(\C)[C@H](Nc3cccnc3)C[C@@H]3CCC(C)C(O)(O3)C(=O)C(=O)N3CCCCC3C(=O)O2)CC[C@H]1O. The maximum Gasteiger partial charge on any atom is 0.329 e. The predicted molar refractivity (Wildman–Crippen MR) is 266 cm³/mol. The lowest BCUT2D eigenvalue weighted by molar-refractivity contribution is -0.263. The highest BCUT2D eigenvalue weighted by atomic mass is 16.6. The van der Waals surface area contributed by atoms with Crippen LogP contribution in [0.3, 0.4) is 0 Å². The van der Waals surface area contributed by atoms with E-state index in [0.717, 1.165) is 24.1 Å². The molecule has 1 amide bonds. The number of carbonyl (C=O) groups excluding carboxylic acids is 4. The summed E-state index contributed by atoms with van der Waals surface area (Å²) in [5.74, 6) is -6.20. The fourth-order valence-corrected chi connectivity index (χ4v) is 10.9. The number of aliphatic hydroxyl groups excluding tert-OH is 2. The quantitative estimate of drug-likeness (QED) is 0.117. The number of anilines is 1. The number of ketones is 2. The van der Waals surface area contributed by atoms with Crippen molar-refractivity contribution in [2.45, 2.75) is 186 Å². The number of piperidine rings is 1. The van der Waals surface area contributed by atoms with Crippen molar-refractivity contribution in [3.8, 4) is 0 Å². The van der Waals surface area contributed by atoms with Crippen LogP contribution < -0.4 is 5.32 Å². The van der Waals surface area contributed by atoms with Crippen molar-refractivity contribution in [1.82, 2.24) is 9.88 Å². The van der Waals surface area contributed by atoms with E-state index in [4.69, 9.17) is 18.9 Å². The number of hydrogen-bond acceptors (Lipinski definition) is 13. The number of ether oxygens (including phenoxy) is 4. The predicted octanol–water partition coefficient (Wildman–Crippen LogP) is 7.86. The van der Waals surface area contributed by atoms with Crippen molar-refractivity contribution in [2.24, 2.45) is 35.5 Å². The van der Waals surface area contributed by atoms with Gasteiger partial charge in [0, 0.05) is 51.0 Å². The van der Waals surface area contributed by atoms with Crippen LogP contribution in [0.5, 0.6) is 0 Å². The van der Waals surface area contributed by atoms with Gasteiger partial charge in [0.05, 0.1) is 24.0 Å². The van der Waals surface area contributed by atoms with Crippen LogP contribution in [0, 0.1) is 35.5 Å². The molecule has 5 rings (SSSR count). The molecule has 2 saturated heterocycles. The Labute approximate surface area is 411 Å². The van der Waals surface area contributed by atoms with Gasteiger partial charge in [0.2, 0.25) is 5.79 Å². The second-order valence-corrected chi connectivity index (χ2v) is 20.9. The summed E-state index contributed by atoms with van der Waals surface area (Å²) < 4.78 is 24.1. The molecule has 69 heavy (non-hydrogen) atoms. The Balaban J connectivity index is 1.47. The van der Waals surface area contributed by atoms with Gasteiger partial charge in [-0.3, -0.25) is 19.4 Å². The lowest BCUT2D eigenvalue weighted by Crippen LogP contribution is -2.61. The van der Waals surface area contributed by atoms with Gasteiger partial charge < -0.3 is 44.5 Å².